The molecule has 0 radical (unpaired) electrons. The van der Waals surface area contributed by atoms with Crippen molar-refractivity contribution in [1.29, 1.82) is 0 Å². The van der Waals surface area contributed by atoms with Gasteiger partial charge in [0, 0.05) is 17.2 Å². The summed E-state index contributed by atoms with van der Waals surface area (Å²) in [5.74, 6) is -1.44. The zero-order chi connectivity index (χ0) is 11.6. The lowest BCUT2D eigenvalue weighted by Crippen LogP contribution is -2.23. The number of rotatable bonds is 3. The molecule has 0 saturated heterocycles. The van der Waals surface area contributed by atoms with Gasteiger partial charge in [0.2, 0.25) is 0 Å². The van der Waals surface area contributed by atoms with Crippen LogP contribution in [0.25, 0.3) is 0 Å². The molecule has 80 valence electrons. The largest absolute Gasteiger partial charge is 0.545 e. The summed E-state index contributed by atoms with van der Waals surface area (Å²) in [6, 6.07) is 2.21. The van der Waals surface area contributed by atoms with E-state index in [-0.39, 0.29) is 22.6 Å². The first kappa shape index (κ1) is 11.0. The molecule has 0 saturated carbocycles. The summed E-state index contributed by atoms with van der Waals surface area (Å²) in [5.41, 5.74) is -0.191. The van der Waals surface area contributed by atoms with Crippen LogP contribution in [0, 0.1) is 17.0 Å². The second-order valence-electron chi connectivity index (χ2n) is 2.84. The minimum Gasteiger partial charge on any atom is -0.545 e. The van der Waals surface area contributed by atoms with Crippen molar-refractivity contribution in [2.24, 2.45) is 0 Å². The SMILES string of the molecule is COc1c([N+](=O)[O-])ccc(C(=O)[O-])c1C. The molecule has 0 unspecified atom stereocenters. The van der Waals surface area contributed by atoms with E-state index in [1.807, 2.05) is 0 Å². The van der Waals surface area contributed by atoms with Crippen LogP contribution in [0.1, 0.15) is 15.9 Å². The maximum Gasteiger partial charge on any atom is 0.311 e. The fourth-order valence-electron chi connectivity index (χ4n) is 1.30. The van der Waals surface area contributed by atoms with E-state index in [0.29, 0.717) is 0 Å². The number of nitro groups is 1. The molecule has 0 aromatic heterocycles. The number of methoxy groups -OCH3 is 1. The smallest absolute Gasteiger partial charge is 0.311 e. The van der Waals surface area contributed by atoms with Crippen LogP contribution in [0.2, 0.25) is 0 Å². The Hall–Kier alpha value is -2.11. The molecule has 6 heteroatoms. The van der Waals surface area contributed by atoms with Gasteiger partial charge in [-0.1, -0.05) is 0 Å². The predicted molar refractivity (Wildman–Crippen MR) is 48.7 cm³/mol. The Bertz CT molecular complexity index is 427. The molecule has 0 aliphatic carbocycles. The highest BCUT2D eigenvalue weighted by Crippen LogP contribution is 2.32. The Labute approximate surface area is 85.2 Å². The van der Waals surface area contributed by atoms with E-state index < -0.39 is 10.9 Å². The van der Waals surface area contributed by atoms with Gasteiger partial charge in [0.05, 0.1) is 18.0 Å². The van der Waals surface area contributed by atoms with Crippen LogP contribution in [0.4, 0.5) is 5.69 Å². The summed E-state index contributed by atoms with van der Waals surface area (Å²) >= 11 is 0. The van der Waals surface area contributed by atoms with Crippen molar-refractivity contribution < 1.29 is 19.6 Å². The molecule has 0 spiro atoms. The fraction of sp³-hybridized carbons (Fsp3) is 0.222. The van der Waals surface area contributed by atoms with Crippen LogP contribution < -0.4 is 9.84 Å². The fourth-order valence-corrected chi connectivity index (χ4v) is 1.30. The van der Waals surface area contributed by atoms with E-state index in [9.17, 15) is 20.0 Å². The molecule has 6 nitrogen and oxygen atoms in total. The first-order valence-electron chi connectivity index (χ1n) is 4.02. The second kappa shape index (κ2) is 3.95. The topological polar surface area (TPSA) is 92.5 Å². The van der Waals surface area contributed by atoms with Crippen molar-refractivity contribution in [1.82, 2.24) is 0 Å². The van der Waals surface area contributed by atoms with E-state index in [0.717, 1.165) is 12.1 Å². The Morgan fingerprint density at radius 1 is 1.47 bits per heavy atom. The van der Waals surface area contributed by atoms with Gasteiger partial charge in [0.25, 0.3) is 0 Å². The van der Waals surface area contributed by atoms with Crippen molar-refractivity contribution in [2.45, 2.75) is 6.92 Å². The van der Waals surface area contributed by atoms with E-state index in [4.69, 9.17) is 4.74 Å². The zero-order valence-corrected chi connectivity index (χ0v) is 8.14. The zero-order valence-electron chi connectivity index (χ0n) is 8.14. The maximum absolute atomic E-state index is 10.6. The molecule has 0 aliphatic heterocycles. The summed E-state index contributed by atoms with van der Waals surface area (Å²) in [4.78, 5) is 20.6. The van der Waals surface area contributed by atoms with Crippen molar-refractivity contribution in [3.63, 3.8) is 0 Å². The third-order valence-corrected chi connectivity index (χ3v) is 2.01. The Kier molecular flexibility index (Phi) is 2.89. The number of carbonyl (C=O) groups excluding carboxylic acids is 1. The van der Waals surface area contributed by atoms with Crippen LogP contribution in [0.5, 0.6) is 5.75 Å². The maximum atomic E-state index is 10.6. The van der Waals surface area contributed by atoms with Crippen molar-refractivity contribution in [2.75, 3.05) is 7.11 Å². The lowest BCUT2D eigenvalue weighted by Gasteiger charge is -2.10. The Balaban J connectivity index is 3.45. The number of nitro benzene ring substituents is 1. The number of hydrogen-bond donors (Lipinski definition) is 0. The van der Waals surface area contributed by atoms with Crippen molar-refractivity contribution >= 4 is 11.7 Å². The number of ether oxygens (including phenoxy) is 1. The number of carboxylic acids is 1. The van der Waals surface area contributed by atoms with Gasteiger partial charge < -0.3 is 14.6 Å². The molecular weight excluding hydrogens is 202 g/mol. The molecule has 15 heavy (non-hydrogen) atoms. The van der Waals surface area contributed by atoms with E-state index in [1.54, 1.807) is 0 Å². The third-order valence-electron chi connectivity index (χ3n) is 2.01. The van der Waals surface area contributed by atoms with Crippen LogP contribution in [0.15, 0.2) is 12.1 Å². The number of aromatic carboxylic acids is 1. The first-order valence-corrected chi connectivity index (χ1v) is 4.02. The molecule has 0 atom stereocenters. The number of hydrogen-bond acceptors (Lipinski definition) is 5. The molecule has 0 aliphatic rings. The summed E-state index contributed by atoms with van der Waals surface area (Å²) < 4.78 is 4.80. The van der Waals surface area contributed by atoms with E-state index in [1.165, 1.54) is 14.0 Å². The highest BCUT2D eigenvalue weighted by molar-refractivity contribution is 5.89. The molecule has 0 heterocycles. The van der Waals surface area contributed by atoms with Crippen molar-refractivity contribution in [3.8, 4) is 5.75 Å². The second-order valence-corrected chi connectivity index (χ2v) is 2.84. The number of nitrogens with zero attached hydrogens (tertiary/aromatic N) is 1. The molecular formula is C9H8NO5-. The van der Waals surface area contributed by atoms with Crippen molar-refractivity contribution in [3.05, 3.63) is 33.4 Å². The van der Waals surface area contributed by atoms with Gasteiger partial charge in [-0.3, -0.25) is 10.1 Å². The minimum absolute atomic E-state index is 0.0540. The quantitative estimate of drug-likeness (QED) is 0.527. The monoisotopic (exact) mass is 210 g/mol. The van der Waals surface area contributed by atoms with Gasteiger partial charge in [-0.25, -0.2) is 0 Å². The van der Waals surface area contributed by atoms with Gasteiger partial charge in [0.15, 0.2) is 5.75 Å². The van der Waals surface area contributed by atoms with Crippen LogP contribution in [0.3, 0.4) is 0 Å². The first-order chi connectivity index (χ1) is 6.99. The molecule has 0 bridgehead atoms. The Morgan fingerprint density at radius 3 is 2.47 bits per heavy atom. The highest BCUT2D eigenvalue weighted by atomic mass is 16.6. The van der Waals surface area contributed by atoms with Crippen LogP contribution in [-0.4, -0.2) is 18.0 Å². The van der Waals surface area contributed by atoms with Gasteiger partial charge in [-0.05, 0) is 13.0 Å². The summed E-state index contributed by atoms with van der Waals surface area (Å²) in [6.07, 6.45) is 0. The average molecular weight is 210 g/mol. The lowest BCUT2D eigenvalue weighted by atomic mass is 10.1. The number of carboxylic acid groups (broad SMARTS) is 1. The molecule has 0 fully saturated rings. The summed E-state index contributed by atoms with van der Waals surface area (Å²) in [7, 11) is 1.24. The normalized spacial score (nSPS) is 9.73. The summed E-state index contributed by atoms with van der Waals surface area (Å²) in [6.45, 7) is 1.43. The predicted octanol–water partition coefficient (Wildman–Crippen LogP) is 0.275. The minimum atomic E-state index is -1.39. The van der Waals surface area contributed by atoms with E-state index >= 15 is 0 Å². The average Bonchev–Trinajstić information content (AvgIpc) is 2.16. The van der Waals surface area contributed by atoms with Crippen LogP contribution >= 0.6 is 0 Å². The van der Waals surface area contributed by atoms with Gasteiger partial charge in [0.1, 0.15) is 0 Å². The van der Waals surface area contributed by atoms with Gasteiger partial charge in [-0.2, -0.15) is 0 Å². The highest BCUT2D eigenvalue weighted by Gasteiger charge is 2.19. The number of carbonyl (C=O) groups is 1. The molecule has 1 aromatic carbocycles. The standard InChI is InChI=1S/C9H9NO5/c1-5-6(9(11)12)3-4-7(10(13)14)8(5)15-2/h3-4H,1-2H3,(H,11,12)/p-1. The molecule has 1 rings (SSSR count). The Morgan fingerprint density at radius 2 is 2.07 bits per heavy atom. The molecule has 0 amide bonds. The summed E-state index contributed by atoms with van der Waals surface area (Å²) in [5, 5.41) is 21.2. The molecule has 1 aromatic rings. The van der Waals surface area contributed by atoms with Crippen LogP contribution in [-0.2, 0) is 0 Å². The lowest BCUT2D eigenvalue weighted by molar-refractivity contribution is -0.385. The van der Waals surface area contributed by atoms with Gasteiger partial charge in [-0.15, -0.1) is 0 Å². The van der Waals surface area contributed by atoms with Gasteiger partial charge >= 0.3 is 5.69 Å². The third kappa shape index (κ3) is 1.88. The number of benzene rings is 1. The molecule has 0 N–H and O–H groups in total. The van der Waals surface area contributed by atoms with E-state index in [2.05, 4.69) is 0 Å².